The van der Waals surface area contributed by atoms with Gasteiger partial charge in [0.15, 0.2) is 0 Å². The van der Waals surface area contributed by atoms with Crippen molar-refractivity contribution in [3.05, 3.63) is 209 Å². The first-order valence-electron chi connectivity index (χ1n) is 26.4. The molecular weight excluding hydrogens is 1480 g/mol. The predicted octanol–water partition coefficient (Wildman–Crippen LogP) is 22.5. The zero-order valence-corrected chi connectivity index (χ0v) is 48.6. The van der Waals surface area contributed by atoms with Gasteiger partial charge in [0.1, 0.15) is 16.8 Å². The van der Waals surface area contributed by atoms with Crippen molar-refractivity contribution >= 4 is 7.32 Å². The monoisotopic (exact) mass is 1510 g/mol. The summed E-state index contributed by atoms with van der Waals surface area (Å²) in [6.45, 7) is -0.133. The molecule has 3 unspecified atom stereocenters. The maximum atomic E-state index is 14.7. The lowest BCUT2D eigenvalue weighted by molar-refractivity contribution is -0.410. The predicted molar refractivity (Wildman–Crippen MR) is 264 cm³/mol. The Bertz CT molecular complexity index is 3410. The Labute approximate surface area is 534 Å². The Kier molecular flexibility index (Phi) is 22.1. The number of alkyl halides is 36. The molecule has 6 rings (SSSR count). The number of rotatable bonds is 18. The highest BCUT2D eigenvalue weighted by atomic mass is 19.5. The van der Waals surface area contributed by atoms with E-state index < -0.39 is 309 Å². The SMILES string of the molecule is CC(Cc1cc(C(F)(F)F)ccc1C(F)(F)F)(OOB(OOC(C)(Cc1cc(C(F)(F)F)ccc1C(F)(F)F)c1cc(C(F)(F)F)cc(C(F)(F)F)c1)OOC(C)(Cc1cc(C(F)(F)F)ccc1C(F)(F)F)c1cc(C(F)(F)F)cc(C(F)(F)F)c1)c1cc(C(F)(F)F)cc(C(F)(F)F)c1. The van der Waals surface area contributed by atoms with Crippen molar-refractivity contribution in [3.63, 3.8) is 0 Å². The van der Waals surface area contributed by atoms with E-state index >= 15 is 0 Å². The summed E-state index contributed by atoms with van der Waals surface area (Å²) in [5, 5.41) is 0. The largest absolute Gasteiger partial charge is 0.725 e. The van der Waals surface area contributed by atoms with Crippen LogP contribution in [-0.2, 0) is 139 Å². The Morgan fingerprint density at radius 2 is 0.370 bits per heavy atom. The van der Waals surface area contributed by atoms with E-state index in [1.54, 1.807) is 0 Å². The van der Waals surface area contributed by atoms with Crippen LogP contribution in [0.15, 0.2) is 109 Å². The third kappa shape index (κ3) is 20.0. The fourth-order valence-electron chi connectivity index (χ4n) is 9.47. The zero-order valence-electron chi connectivity index (χ0n) is 48.6. The van der Waals surface area contributed by atoms with Crippen LogP contribution in [0.2, 0.25) is 0 Å². The minimum atomic E-state index is -6.08. The van der Waals surface area contributed by atoms with Gasteiger partial charge in [-0.3, -0.25) is 0 Å². The van der Waals surface area contributed by atoms with Gasteiger partial charge >= 0.3 is 81.4 Å². The minimum absolute atomic E-state index is 0.0444. The molecule has 6 aromatic carbocycles. The van der Waals surface area contributed by atoms with Crippen LogP contribution < -0.4 is 0 Å². The summed E-state index contributed by atoms with van der Waals surface area (Å²) in [6.07, 6.45) is -78.8. The summed E-state index contributed by atoms with van der Waals surface area (Å²) in [5.41, 5.74) is -52.6. The first-order chi connectivity index (χ1) is 44.6. The smallest absolute Gasteiger partial charge is 0.236 e. The Morgan fingerprint density at radius 3 is 0.520 bits per heavy atom. The fraction of sp³-hybridized carbons (Fsp3) is 0.368. The van der Waals surface area contributed by atoms with E-state index in [-0.39, 0.29) is 39.0 Å². The zero-order chi connectivity index (χ0) is 76.6. The summed E-state index contributed by atoms with van der Waals surface area (Å²) in [7, 11) is -4.29. The van der Waals surface area contributed by atoms with Gasteiger partial charge in [0.25, 0.3) is 0 Å². The molecule has 0 bridgehead atoms. The quantitative estimate of drug-likeness (QED) is 0.0370. The van der Waals surface area contributed by atoms with Crippen LogP contribution in [0, 0.1) is 0 Å². The van der Waals surface area contributed by atoms with Gasteiger partial charge in [-0.15, -0.1) is 0 Å². The van der Waals surface area contributed by atoms with Gasteiger partial charge in [0.05, 0.1) is 66.8 Å². The first kappa shape index (κ1) is 81.6. The number of halogens is 36. The lowest BCUT2D eigenvalue weighted by Gasteiger charge is -2.35. The van der Waals surface area contributed by atoms with Crippen molar-refractivity contribution in [2.75, 3.05) is 0 Å². The first-order valence-corrected chi connectivity index (χ1v) is 26.4. The molecular formula is C57H33BF36O6. The van der Waals surface area contributed by atoms with Gasteiger partial charge in [0.2, 0.25) is 0 Å². The maximum absolute atomic E-state index is 14.7. The van der Waals surface area contributed by atoms with Gasteiger partial charge in [-0.1, -0.05) is 0 Å². The molecule has 0 N–H and O–H groups in total. The molecule has 6 nitrogen and oxygen atoms in total. The van der Waals surface area contributed by atoms with Crippen LogP contribution in [0.5, 0.6) is 0 Å². The van der Waals surface area contributed by atoms with E-state index in [0.717, 1.165) is 0 Å². The van der Waals surface area contributed by atoms with Crippen LogP contribution in [-0.4, -0.2) is 7.32 Å². The normalized spacial score (nSPS) is 15.8. The average Bonchev–Trinajstić information content (AvgIpc) is 0.773. The third-order valence-electron chi connectivity index (χ3n) is 14.3. The highest BCUT2D eigenvalue weighted by Crippen LogP contribution is 2.50. The molecule has 0 aliphatic heterocycles. The van der Waals surface area contributed by atoms with E-state index in [4.69, 9.17) is 29.1 Å². The van der Waals surface area contributed by atoms with Crippen molar-refractivity contribution < 1.29 is 187 Å². The Hall–Kier alpha value is -7.38. The molecule has 0 saturated heterocycles. The van der Waals surface area contributed by atoms with Crippen molar-refractivity contribution in [2.45, 2.75) is 131 Å². The van der Waals surface area contributed by atoms with Crippen molar-refractivity contribution in [1.29, 1.82) is 0 Å². The summed E-state index contributed by atoms with van der Waals surface area (Å²) >= 11 is 0. The highest BCUT2D eigenvalue weighted by Gasteiger charge is 2.51. The third-order valence-corrected chi connectivity index (χ3v) is 14.3. The summed E-state index contributed by atoms with van der Waals surface area (Å²) in [4.78, 5) is 29.0. The molecule has 0 aliphatic carbocycles. The summed E-state index contributed by atoms with van der Waals surface area (Å²) in [6, 6.07) is -9.19. The van der Waals surface area contributed by atoms with E-state index in [1.165, 1.54) is 0 Å². The molecule has 0 aliphatic rings. The minimum Gasteiger partial charge on any atom is -0.236 e. The van der Waals surface area contributed by atoms with Gasteiger partial charge in [-0.05, 0) is 163 Å². The van der Waals surface area contributed by atoms with Gasteiger partial charge < -0.3 is 0 Å². The van der Waals surface area contributed by atoms with Crippen LogP contribution >= 0.6 is 0 Å². The van der Waals surface area contributed by atoms with E-state index in [0.29, 0.717) is 0 Å². The lowest BCUT2D eigenvalue weighted by Crippen LogP contribution is -2.41. The second-order valence-electron chi connectivity index (χ2n) is 22.0. The van der Waals surface area contributed by atoms with Crippen LogP contribution in [0.25, 0.3) is 0 Å². The molecule has 3 atom stereocenters. The number of benzene rings is 6. The topological polar surface area (TPSA) is 55.4 Å². The van der Waals surface area contributed by atoms with Crippen molar-refractivity contribution in [2.24, 2.45) is 0 Å². The van der Waals surface area contributed by atoms with Crippen LogP contribution in [0.4, 0.5) is 158 Å². The Morgan fingerprint density at radius 1 is 0.210 bits per heavy atom. The van der Waals surface area contributed by atoms with Crippen LogP contribution in [0.1, 0.15) is 121 Å². The fourth-order valence-corrected chi connectivity index (χ4v) is 9.47. The molecule has 0 aromatic heterocycles. The van der Waals surface area contributed by atoms with Crippen molar-refractivity contribution in [1.82, 2.24) is 0 Å². The molecule has 43 heteroatoms. The average molecular weight is 1510 g/mol. The van der Waals surface area contributed by atoms with E-state index in [9.17, 15) is 158 Å². The summed E-state index contributed by atoms with van der Waals surface area (Å²) in [5.74, 6) is 0. The number of hydrogen-bond acceptors (Lipinski definition) is 6. The second kappa shape index (κ2) is 27.1. The lowest BCUT2D eigenvalue weighted by atomic mass is 9.84. The van der Waals surface area contributed by atoms with E-state index in [2.05, 4.69) is 0 Å². The number of hydrogen-bond donors (Lipinski definition) is 0. The van der Waals surface area contributed by atoms with Gasteiger partial charge in [-0.25, -0.2) is 29.1 Å². The van der Waals surface area contributed by atoms with Gasteiger partial charge in [0, 0.05) is 19.3 Å². The van der Waals surface area contributed by atoms with E-state index in [1.807, 2.05) is 0 Å². The molecule has 0 amide bonds. The molecule has 0 saturated carbocycles. The molecule has 0 radical (unpaired) electrons. The van der Waals surface area contributed by atoms with Gasteiger partial charge in [-0.2, -0.15) is 158 Å². The molecule has 0 heterocycles. The molecule has 552 valence electrons. The maximum Gasteiger partial charge on any atom is 0.725 e. The molecule has 6 aromatic rings. The molecule has 0 fully saturated rings. The van der Waals surface area contributed by atoms with Crippen molar-refractivity contribution in [3.8, 4) is 0 Å². The second-order valence-corrected chi connectivity index (χ2v) is 22.0. The Balaban J connectivity index is 1.76. The standard InChI is InChI=1S/C57H33BF36O6/c1-43(31-13-34(49(68,69)70)19-35(14-31)50(71,72)73,22-25-10-28(46(59,60)61)4-7-40(25)55(86,87)88)95-98-58(99-96-44(2,32-15-36(51(74,75)76)20-37(16-32)52(77,78)79)23-26-11-29(47(62,63)64)5-8-41(26)56(89,90)91)100-97-45(3,33-17-38(53(80,81)82)21-39(18-33)54(83,84)85)24-27-12-30(48(65,66)67)6-9-42(27)57(92,93)94/h4-21H,22-24H2,1-3H3. The van der Waals surface area contributed by atoms with Crippen LogP contribution in [0.3, 0.4) is 0 Å². The highest BCUT2D eigenvalue weighted by molar-refractivity contribution is 6.35. The molecule has 0 spiro atoms. The summed E-state index contributed by atoms with van der Waals surface area (Å²) < 4.78 is 522. The molecule has 100 heavy (non-hydrogen) atoms.